The van der Waals surface area contributed by atoms with Crippen LogP contribution in [0.4, 0.5) is 4.39 Å². The molecule has 0 N–H and O–H groups in total. The lowest BCUT2D eigenvalue weighted by molar-refractivity contribution is -0.00127. The molecule has 0 spiro atoms. The monoisotopic (exact) mass is 356 g/mol. The maximum absolute atomic E-state index is 15.1. The molecule has 0 saturated carbocycles. The van der Waals surface area contributed by atoms with Gasteiger partial charge in [0.2, 0.25) is 0 Å². The van der Waals surface area contributed by atoms with Gasteiger partial charge in [-0.05, 0) is 61.9 Å². The molecule has 1 heterocycles. The Hall–Kier alpha value is -1.87. The van der Waals surface area contributed by atoms with Gasteiger partial charge in [-0.25, -0.2) is 4.39 Å². The zero-order valence-corrected chi connectivity index (χ0v) is 16.1. The minimum Gasteiger partial charge on any atom is -0.494 e. The minimum atomic E-state index is -0.123. The van der Waals surface area contributed by atoms with Gasteiger partial charge in [0.15, 0.2) is 0 Å². The van der Waals surface area contributed by atoms with E-state index in [2.05, 4.69) is 13.0 Å². The molecule has 2 aromatic rings. The summed E-state index contributed by atoms with van der Waals surface area (Å²) in [7, 11) is 0. The molecule has 2 atom stereocenters. The molecule has 1 aliphatic rings. The number of hydrogen-bond donors (Lipinski definition) is 0. The summed E-state index contributed by atoms with van der Waals surface area (Å²) in [6.45, 7) is 7.36. The predicted molar refractivity (Wildman–Crippen MR) is 104 cm³/mol. The Balaban J connectivity index is 1.78. The average molecular weight is 356 g/mol. The van der Waals surface area contributed by atoms with Crippen LogP contribution in [0.5, 0.6) is 5.75 Å². The van der Waals surface area contributed by atoms with Crippen LogP contribution >= 0.6 is 0 Å². The van der Waals surface area contributed by atoms with E-state index >= 15 is 4.39 Å². The molecule has 0 radical (unpaired) electrons. The van der Waals surface area contributed by atoms with Crippen molar-refractivity contribution in [2.24, 2.45) is 0 Å². The van der Waals surface area contributed by atoms with Gasteiger partial charge in [-0.15, -0.1) is 0 Å². The summed E-state index contributed by atoms with van der Waals surface area (Å²) in [4.78, 5) is 0. The van der Waals surface area contributed by atoms with Gasteiger partial charge in [-0.2, -0.15) is 0 Å². The van der Waals surface area contributed by atoms with Crippen molar-refractivity contribution in [2.75, 3.05) is 13.2 Å². The fraction of sp³-hybridized carbons (Fsp3) is 0.478. The molecule has 0 amide bonds. The molecule has 1 saturated heterocycles. The van der Waals surface area contributed by atoms with E-state index in [-0.39, 0.29) is 5.82 Å². The highest BCUT2D eigenvalue weighted by Crippen LogP contribution is 2.35. The Kier molecular flexibility index (Phi) is 6.31. The maximum Gasteiger partial charge on any atom is 0.134 e. The van der Waals surface area contributed by atoms with Crippen LogP contribution in [0.15, 0.2) is 36.4 Å². The highest BCUT2D eigenvalue weighted by Gasteiger charge is 2.25. The fourth-order valence-electron chi connectivity index (χ4n) is 3.86. The fourth-order valence-corrected chi connectivity index (χ4v) is 3.86. The Morgan fingerprint density at radius 3 is 2.46 bits per heavy atom. The smallest absolute Gasteiger partial charge is 0.134 e. The van der Waals surface area contributed by atoms with Crippen LogP contribution in [0.3, 0.4) is 0 Å². The quantitative estimate of drug-likeness (QED) is 0.608. The lowest BCUT2D eigenvalue weighted by Gasteiger charge is -2.30. The Labute approximate surface area is 156 Å². The Morgan fingerprint density at radius 1 is 1.08 bits per heavy atom. The van der Waals surface area contributed by atoms with Gasteiger partial charge in [-0.3, -0.25) is 0 Å². The number of ether oxygens (including phenoxy) is 2. The van der Waals surface area contributed by atoms with E-state index in [1.807, 2.05) is 44.2 Å². The third kappa shape index (κ3) is 4.09. The SMILES string of the molecule is CCCC1CCC(c2ccc(-c3ccc(OCC)cc3)c(F)c2C)CO1. The molecular formula is C23H29FO2. The van der Waals surface area contributed by atoms with Crippen LogP contribution in [0.2, 0.25) is 0 Å². The molecule has 1 fully saturated rings. The Morgan fingerprint density at radius 2 is 1.85 bits per heavy atom. The first-order chi connectivity index (χ1) is 12.6. The van der Waals surface area contributed by atoms with E-state index in [1.54, 1.807) is 0 Å². The molecule has 2 unspecified atom stereocenters. The van der Waals surface area contributed by atoms with Crippen molar-refractivity contribution >= 4 is 0 Å². The summed E-state index contributed by atoms with van der Waals surface area (Å²) in [6, 6.07) is 11.6. The minimum absolute atomic E-state index is 0.123. The first-order valence-electron chi connectivity index (χ1n) is 9.77. The van der Waals surface area contributed by atoms with E-state index in [9.17, 15) is 0 Å². The highest BCUT2D eigenvalue weighted by atomic mass is 19.1. The van der Waals surface area contributed by atoms with Crippen LogP contribution in [0.25, 0.3) is 11.1 Å². The van der Waals surface area contributed by atoms with Crippen LogP contribution in [-0.2, 0) is 4.74 Å². The van der Waals surface area contributed by atoms with Crippen molar-refractivity contribution in [1.29, 1.82) is 0 Å². The summed E-state index contributed by atoms with van der Waals surface area (Å²) in [5.74, 6) is 0.986. The molecule has 3 heteroatoms. The van der Waals surface area contributed by atoms with Gasteiger partial charge >= 0.3 is 0 Å². The van der Waals surface area contributed by atoms with E-state index in [0.29, 0.717) is 30.8 Å². The summed E-state index contributed by atoms with van der Waals surface area (Å²) in [6.07, 6.45) is 4.80. The number of hydrogen-bond acceptors (Lipinski definition) is 2. The summed E-state index contributed by atoms with van der Waals surface area (Å²) in [5, 5.41) is 0. The van der Waals surface area contributed by atoms with E-state index < -0.39 is 0 Å². The second-order valence-corrected chi connectivity index (χ2v) is 7.12. The van der Waals surface area contributed by atoms with Crippen LogP contribution in [0, 0.1) is 12.7 Å². The summed E-state index contributed by atoms with van der Waals surface area (Å²) < 4.78 is 26.5. The third-order valence-electron chi connectivity index (χ3n) is 5.33. The second kappa shape index (κ2) is 8.68. The average Bonchev–Trinajstić information content (AvgIpc) is 2.66. The molecular weight excluding hydrogens is 327 g/mol. The first-order valence-corrected chi connectivity index (χ1v) is 9.77. The summed E-state index contributed by atoms with van der Waals surface area (Å²) >= 11 is 0. The zero-order valence-electron chi connectivity index (χ0n) is 16.1. The van der Waals surface area contributed by atoms with Crippen molar-refractivity contribution in [1.82, 2.24) is 0 Å². The molecule has 3 rings (SSSR count). The van der Waals surface area contributed by atoms with Gasteiger partial charge in [0.25, 0.3) is 0 Å². The molecule has 2 aromatic carbocycles. The molecule has 0 aliphatic carbocycles. The largest absolute Gasteiger partial charge is 0.494 e. The van der Waals surface area contributed by atoms with Crippen molar-refractivity contribution in [3.63, 3.8) is 0 Å². The maximum atomic E-state index is 15.1. The molecule has 1 aliphatic heterocycles. The van der Waals surface area contributed by atoms with Crippen LogP contribution in [0.1, 0.15) is 56.6 Å². The first kappa shape index (κ1) is 18.9. The van der Waals surface area contributed by atoms with Gasteiger partial charge in [0.05, 0.1) is 19.3 Å². The highest BCUT2D eigenvalue weighted by molar-refractivity contribution is 5.66. The van der Waals surface area contributed by atoms with Crippen molar-refractivity contribution < 1.29 is 13.9 Å². The molecule has 26 heavy (non-hydrogen) atoms. The molecule has 140 valence electrons. The third-order valence-corrected chi connectivity index (χ3v) is 5.33. The predicted octanol–water partition coefficient (Wildman–Crippen LogP) is 6.26. The summed E-state index contributed by atoms with van der Waals surface area (Å²) in [5.41, 5.74) is 3.37. The van der Waals surface area contributed by atoms with E-state index in [1.165, 1.54) is 0 Å². The number of benzene rings is 2. The van der Waals surface area contributed by atoms with Crippen LogP contribution < -0.4 is 4.74 Å². The van der Waals surface area contributed by atoms with Crippen LogP contribution in [-0.4, -0.2) is 19.3 Å². The normalized spacial score (nSPS) is 20.2. The van der Waals surface area contributed by atoms with Gasteiger partial charge in [-0.1, -0.05) is 37.6 Å². The zero-order chi connectivity index (χ0) is 18.5. The Bertz CT molecular complexity index is 716. The molecule has 0 aromatic heterocycles. The van der Waals surface area contributed by atoms with Crippen molar-refractivity contribution in [3.8, 4) is 16.9 Å². The lowest BCUT2D eigenvalue weighted by atomic mass is 9.86. The van der Waals surface area contributed by atoms with Gasteiger partial charge in [0, 0.05) is 11.5 Å². The van der Waals surface area contributed by atoms with Crippen molar-refractivity contribution in [3.05, 3.63) is 53.3 Å². The second-order valence-electron chi connectivity index (χ2n) is 7.12. The molecule has 0 bridgehead atoms. The van der Waals surface area contributed by atoms with Gasteiger partial charge in [0.1, 0.15) is 11.6 Å². The lowest BCUT2D eigenvalue weighted by Crippen LogP contribution is -2.25. The standard InChI is InChI=1S/C23H29FO2/c1-4-6-19-12-9-18(15-26-19)21-13-14-22(23(24)16(21)3)17-7-10-20(11-8-17)25-5-2/h7-8,10-11,13-14,18-19H,4-6,9,12,15H2,1-3H3. The number of halogens is 1. The van der Waals surface area contributed by atoms with E-state index in [0.717, 1.165) is 48.1 Å². The topological polar surface area (TPSA) is 18.5 Å². The molecule has 2 nitrogen and oxygen atoms in total. The van der Waals surface area contributed by atoms with Gasteiger partial charge < -0.3 is 9.47 Å². The van der Waals surface area contributed by atoms with E-state index in [4.69, 9.17) is 9.47 Å². The van der Waals surface area contributed by atoms with Crippen molar-refractivity contribution in [2.45, 2.75) is 58.5 Å². The number of rotatable bonds is 6.